The van der Waals surface area contributed by atoms with Gasteiger partial charge in [0.15, 0.2) is 0 Å². The Morgan fingerprint density at radius 3 is 1.62 bits per heavy atom. The van der Waals surface area contributed by atoms with E-state index in [4.69, 9.17) is 20.4 Å². The average molecular weight is 298 g/mol. The Morgan fingerprint density at radius 2 is 1.29 bits per heavy atom. The molecule has 112 valence electrons. The molecule has 21 heavy (non-hydrogen) atoms. The Morgan fingerprint density at radius 1 is 0.857 bits per heavy atom. The second-order valence-corrected chi connectivity index (χ2v) is 3.70. The summed E-state index contributed by atoms with van der Waals surface area (Å²) in [7, 11) is 0. The van der Waals surface area contributed by atoms with Crippen LogP contribution in [-0.2, 0) is 9.59 Å². The van der Waals surface area contributed by atoms with Crippen molar-refractivity contribution in [1.82, 2.24) is 0 Å². The number of imide groups is 1. The SMILES string of the molecule is O=C(O)C(Nc1ccc(N(C(=O)O)C(=O)O)cc1)C(=O)O. The molecule has 0 fully saturated rings. The lowest BCUT2D eigenvalue weighted by molar-refractivity contribution is -0.148. The number of aliphatic carboxylic acids is 2. The Bertz CT molecular complexity index is 554. The van der Waals surface area contributed by atoms with Gasteiger partial charge in [0.25, 0.3) is 0 Å². The standard InChI is InChI=1S/C11H10N2O8/c14-8(15)7(9(16)17)12-5-1-3-6(4-2-5)13(10(18)19)11(20)21/h1-4,7,12H,(H,14,15)(H,16,17)(H,18,19)(H,20,21). The lowest BCUT2D eigenvalue weighted by atomic mass is 10.2. The van der Waals surface area contributed by atoms with Crippen LogP contribution in [0, 0.1) is 0 Å². The Balaban J connectivity index is 2.97. The smallest absolute Gasteiger partial charge is 0.421 e. The van der Waals surface area contributed by atoms with Crippen molar-refractivity contribution in [3.63, 3.8) is 0 Å². The van der Waals surface area contributed by atoms with Crippen molar-refractivity contribution in [2.24, 2.45) is 0 Å². The molecule has 10 heteroatoms. The van der Waals surface area contributed by atoms with Crippen LogP contribution in [0.1, 0.15) is 0 Å². The number of hydrogen-bond donors (Lipinski definition) is 5. The normalized spacial score (nSPS) is 9.95. The van der Waals surface area contributed by atoms with Gasteiger partial charge in [0, 0.05) is 5.69 Å². The molecule has 0 spiro atoms. The van der Waals surface area contributed by atoms with Crippen molar-refractivity contribution in [2.75, 3.05) is 10.2 Å². The summed E-state index contributed by atoms with van der Waals surface area (Å²) in [4.78, 5) is 42.9. The van der Waals surface area contributed by atoms with Crippen molar-refractivity contribution in [3.8, 4) is 0 Å². The van der Waals surface area contributed by atoms with Crippen LogP contribution < -0.4 is 10.2 Å². The number of amides is 2. The third-order valence-corrected chi connectivity index (χ3v) is 2.31. The lowest BCUT2D eigenvalue weighted by Crippen LogP contribution is -2.37. The first kappa shape index (κ1) is 15.8. The Kier molecular flexibility index (Phi) is 4.68. The first-order valence-electron chi connectivity index (χ1n) is 5.32. The highest BCUT2D eigenvalue weighted by molar-refractivity contribution is 6.07. The molecule has 10 nitrogen and oxygen atoms in total. The number of hydrogen-bond acceptors (Lipinski definition) is 5. The maximum atomic E-state index is 10.8. The van der Waals surface area contributed by atoms with Gasteiger partial charge >= 0.3 is 24.1 Å². The predicted octanol–water partition coefficient (Wildman–Crippen LogP) is 0.799. The number of benzene rings is 1. The molecule has 0 aliphatic carbocycles. The largest absolute Gasteiger partial charge is 0.479 e. The molecule has 0 saturated heterocycles. The highest BCUT2D eigenvalue weighted by Crippen LogP contribution is 2.19. The summed E-state index contributed by atoms with van der Waals surface area (Å²) in [5.74, 6) is -3.21. The van der Waals surface area contributed by atoms with Gasteiger partial charge in [-0.15, -0.1) is 0 Å². The van der Waals surface area contributed by atoms with Crippen molar-refractivity contribution >= 4 is 35.5 Å². The minimum absolute atomic E-state index is 0.0512. The van der Waals surface area contributed by atoms with Crippen LogP contribution >= 0.6 is 0 Å². The number of carboxylic acid groups (broad SMARTS) is 4. The molecule has 0 aliphatic rings. The third kappa shape index (κ3) is 3.83. The number of carbonyl (C=O) groups is 4. The van der Waals surface area contributed by atoms with Crippen molar-refractivity contribution in [1.29, 1.82) is 0 Å². The van der Waals surface area contributed by atoms with Crippen LogP contribution in [0.15, 0.2) is 24.3 Å². The molecule has 1 aromatic carbocycles. The van der Waals surface area contributed by atoms with Crippen LogP contribution in [0.25, 0.3) is 0 Å². The summed E-state index contributed by atoms with van der Waals surface area (Å²) < 4.78 is 0. The number of nitrogens with one attached hydrogen (secondary N) is 1. The molecule has 0 heterocycles. The molecule has 0 atom stereocenters. The van der Waals surface area contributed by atoms with E-state index in [1.54, 1.807) is 0 Å². The topological polar surface area (TPSA) is 164 Å². The molecule has 0 saturated carbocycles. The molecule has 0 aromatic heterocycles. The third-order valence-electron chi connectivity index (χ3n) is 2.31. The first-order valence-corrected chi connectivity index (χ1v) is 5.32. The van der Waals surface area contributed by atoms with Gasteiger partial charge in [-0.05, 0) is 24.3 Å². The zero-order chi connectivity index (χ0) is 16.2. The summed E-state index contributed by atoms with van der Waals surface area (Å²) in [6.45, 7) is 0. The van der Waals surface area contributed by atoms with Gasteiger partial charge in [-0.2, -0.15) is 4.90 Å². The lowest BCUT2D eigenvalue weighted by Gasteiger charge is -2.15. The zero-order valence-electron chi connectivity index (χ0n) is 10.3. The molecule has 0 bridgehead atoms. The van der Waals surface area contributed by atoms with Gasteiger partial charge in [-0.3, -0.25) is 0 Å². The molecule has 0 unspecified atom stereocenters. The maximum absolute atomic E-state index is 10.8. The highest BCUT2D eigenvalue weighted by Gasteiger charge is 2.26. The maximum Gasteiger partial charge on any atom is 0.421 e. The van der Waals surface area contributed by atoms with Gasteiger partial charge in [0.2, 0.25) is 6.04 Å². The summed E-state index contributed by atoms with van der Waals surface area (Å²) in [6, 6.07) is 2.61. The van der Waals surface area contributed by atoms with Crippen LogP contribution in [0.2, 0.25) is 0 Å². The van der Waals surface area contributed by atoms with E-state index in [-0.39, 0.29) is 16.3 Å². The van der Waals surface area contributed by atoms with E-state index in [0.717, 1.165) is 24.3 Å². The zero-order valence-corrected chi connectivity index (χ0v) is 10.3. The highest BCUT2D eigenvalue weighted by atomic mass is 16.4. The average Bonchev–Trinajstić information content (AvgIpc) is 2.36. The van der Waals surface area contributed by atoms with Crippen LogP contribution in [0.3, 0.4) is 0 Å². The Hall–Kier alpha value is -3.30. The van der Waals surface area contributed by atoms with Crippen LogP contribution in [-0.4, -0.2) is 50.6 Å². The number of rotatable bonds is 5. The fraction of sp³-hybridized carbons (Fsp3) is 0.0909. The number of anilines is 2. The number of nitrogens with zero attached hydrogens (tertiary/aromatic N) is 1. The van der Waals surface area contributed by atoms with Gasteiger partial charge in [-0.25, -0.2) is 19.2 Å². The van der Waals surface area contributed by atoms with Gasteiger partial charge in [0.1, 0.15) is 0 Å². The summed E-state index contributed by atoms with van der Waals surface area (Å²) in [5, 5.41) is 37.0. The van der Waals surface area contributed by atoms with E-state index in [0.29, 0.717) is 0 Å². The molecule has 2 amide bonds. The van der Waals surface area contributed by atoms with E-state index in [1.807, 2.05) is 0 Å². The van der Waals surface area contributed by atoms with E-state index in [1.165, 1.54) is 0 Å². The quantitative estimate of drug-likeness (QED) is 0.494. The van der Waals surface area contributed by atoms with Gasteiger partial charge in [0.05, 0.1) is 5.69 Å². The van der Waals surface area contributed by atoms with E-state index >= 15 is 0 Å². The number of carboxylic acids is 2. The minimum Gasteiger partial charge on any atom is -0.479 e. The summed E-state index contributed by atoms with van der Waals surface area (Å²) >= 11 is 0. The van der Waals surface area contributed by atoms with E-state index in [2.05, 4.69) is 5.32 Å². The van der Waals surface area contributed by atoms with Gasteiger partial charge in [-0.1, -0.05) is 0 Å². The van der Waals surface area contributed by atoms with Crippen LogP contribution in [0.4, 0.5) is 21.0 Å². The van der Waals surface area contributed by atoms with Crippen molar-refractivity contribution in [2.45, 2.75) is 6.04 Å². The molecule has 5 N–H and O–H groups in total. The minimum atomic E-state index is -1.88. The first-order chi connectivity index (χ1) is 9.73. The Labute approximate surface area is 116 Å². The summed E-state index contributed by atoms with van der Waals surface area (Å²) in [5.41, 5.74) is -0.118. The molecule has 1 rings (SSSR count). The monoisotopic (exact) mass is 298 g/mol. The second-order valence-electron chi connectivity index (χ2n) is 3.70. The molecule has 1 aromatic rings. The van der Waals surface area contributed by atoms with Crippen molar-refractivity contribution in [3.05, 3.63) is 24.3 Å². The molecule has 0 radical (unpaired) electrons. The molecular formula is C11H10N2O8. The second kappa shape index (κ2) is 6.23. The van der Waals surface area contributed by atoms with E-state index < -0.39 is 30.2 Å². The molecular weight excluding hydrogens is 288 g/mol. The fourth-order valence-corrected chi connectivity index (χ4v) is 1.41. The van der Waals surface area contributed by atoms with Crippen molar-refractivity contribution < 1.29 is 39.6 Å². The van der Waals surface area contributed by atoms with Gasteiger partial charge < -0.3 is 25.7 Å². The van der Waals surface area contributed by atoms with Crippen LogP contribution in [0.5, 0.6) is 0 Å². The summed E-state index contributed by atoms with van der Waals surface area (Å²) in [6.07, 6.45) is -3.42. The van der Waals surface area contributed by atoms with E-state index in [9.17, 15) is 19.2 Å². The molecule has 0 aliphatic heterocycles. The fourth-order valence-electron chi connectivity index (χ4n) is 1.41. The predicted molar refractivity (Wildman–Crippen MR) is 67.7 cm³/mol.